The van der Waals surface area contributed by atoms with Crippen LogP contribution in [-0.2, 0) is 21.6 Å². The van der Waals surface area contributed by atoms with E-state index < -0.39 is 35.6 Å². The maximum absolute atomic E-state index is 13.3. The Bertz CT molecular complexity index is 1800. The number of esters is 1. The molecule has 0 aromatic heterocycles. The Morgan fingerprint density at radius 3 is 2.16 bits per heavy atom. The van der Waals surface area contributed by atoms with Crippen molar-refractivity contribution >= 4 is 23.5 Å². The Balaban J connectivity index is 1.28. The lowest BCUT2D eigenvalue weighted by molar-refractivity contribution is -0.174. The van der Waals surface area contributed by atoms with Crippen molar-refractivity contribution in [2.75, 3.05) is 5.32 Å². The molecule has 6 rings (SSSR count). The fourth-order valence-electron chi connectivity index (χ4n) is 5.54. The van der Waals surface area contributed by atoms with Gasteiger partial charge in [0, 0.05) is 46.1 Å². The first kappa shape index (κ1) is 28.6. The lowest BCUT2D eigenvalue weighted by atomic mass is 9.77. The Morgan fingerprint density at radius 2 is 1.52 bits per heavy atom. The van der Waals surface area contributed by atoms with Gasteiger partial charge in [0.15, 0.2) is 5.60 Å². The average molecular weight is 605 g/mol. The van der Waals surface area contributed by atoms with E-state index in [1.165, 1.54) is 49.4 Å². The molecule has 2 aliphatic heterocycles. The molecule has 0 saturated carbocycles. The van der Waals surface area contributed by atoms with Gasteiger partial charge in [0.05, 0.1) is 5.56 Å². The largest absolute Gasteiger partial charge is 0.508 e. The number of halogens is 3. The number of rotatable bonds is 5. The number of alkyl halides is 3. The van der Waals surface area contributed by atoms with E-state index in [1.54, 1.807) is 36.4 Å². The Kier molecular flexibility index (Phi) is 6.71. The van der Waals surface area contributed by atoms with Crippen LogP contribution in [0.3, 0.4) is 0 Å². The summed E-state index contributed by atoms with van der Waals surface area (Å²) in [4.78, 5) is 37.7. The molecule has 44 heavy (non-hydrogen) atoms. The zero-order valence-corrected chi connectivity index (χ0v) is 22.9. The predicted octanol–water partition coefficient (Wildman–Crippen LogP) is 5.53. The smallest absolute Gasteiger partial charge is 0.471 e. The summed E-state index contributed by atoms with van der Waals surface area (Å²) in [6.45, 7) is 1.42. The Hall–Kier alpha value is -5.52. The number of carbonyl (C=O) groups is 3. The Labute approximate surface area is 247 Å². The molecule has 2 aliphatic rings. The molecule has 1 atom stereocenters. The predicted molar refractivity (Wildman–Crippen MR) is 150 cm³/mol. The second-order valence-corrected chi connectivity index (χ2v) is 10.5. The minimum atomic E-state index is -5.00. The third-order valence-electron chi connectivity index (χ3n) is 7.40. The summed E-state index contributed by atoms with van der Waals surface area (Å²) < 4.78 is 49.7. The first-order chi connectivity index (χ1) is 20.8. The summed E-state index contributed by atoms with van der Waals surface area (Å²) in [7, 11) is 0. The summed E-state index contributed by atoms with van der Waals surface area (Å²) in [6, 6.07) is 18.9. The number of carbonyl (C=O) groups excluding carboxylic acids is 3. The number of hydrogen-bond donors (Lipinski definition) is 4. The van der Waals surface area contributed by atoms with Crippen LogP contribution in [-0.4, -0.2) is 40.2 Å². The van der Waals surface area contributed by atoms with Crippen LogP contribution in [0.15, 0.2) is 78.9 Å². The van der Waals surface area contributed by atoms with Crippen molar-refractivity contribution in [1.82, 2.24) is 5.32 Å². The van der Waals surface area contributed by atoms with Crippen LogP contribution >= 0.6 is 0 Å². The lowest BCUT2D eigenvalue weighted by Gasteiger charge is -2.36. The summed E-state index contributed by atoms with van der Waals surface area (Å²) >= 11 is 0. The van der Waals surface area contributed by atoms with E-state index in [0.29, 0.717) is 22.3 Å². The van der Waals surface area contributed by atoms with Crippen LogP contribution in [0.1, 0.15) is 49.9 Å². The number of nitrogens with one attached hydrogen (secondary N) is 2. The number of ether oxygens (including phenoxy) is 2. The molecule has 224 valence electrons. The van der Waals surface area contributed by atoms with E-state index in [2.05, 4.69) is 5.32 Å². The first-order valence-electron chi connectivity index (χ1n) is 13.4. The third kappa shape index (κ3) is 4.93. The summed E-state index contributed by atoms with van der Waals surface area (Å²) in [5.74, 6) is -2.94. The summed E-state index contributed by atoms with van der Waals surface area (Å²) in [5, 5.41) is 24.8. The monoisotopic (exact) mass is 604 g/mol. The quantitative estimate of drug-likeness (QED) is 0.220. The van der Waals surface area contributed by atoms with Crippen LogP contribution in [0.25, 0.3) is 0 Å². The fourth-order valence-corrected chi connectivity index (χ4v) is 5.54. The van der Waals surface area contributed by atoms with E-state index in [4.69, 9.17) is 9.47 Å². The van der Waals surface area contributed by atoms with Gasteiger partial charge in [-0.3, -0.25) is 9.59 Å². The first-order valence-corrected chi connectivity index (χ1v) is 13.4. The summed E-state index contributed by atoms with van der Waals surface area (Å²) in [6.07, 6.45) is -4.95. The van der Waals surface area contributed by atoms with Gasteiger partial charge in [0.25, 0.3) is 5.91 Å². The van der Waals surface area contributed by atoms with E-state index in [1.807, 2.05) is 5.32 Å². The SMILES string of the molecule is C[C@H](Cc1cccc(C(=O)Nc2ccc3c(c2)C(=O)OC32c3ccc(O)cc3Oc3cc(O)ccc32)c1)NC(=O)C(F)(F)F. The average Bonchev–Trinajstić information content (AvgIpc) is 3.24. The van der Waals surface area contributed by atoms with E-state index in [-0.39, 0.29) is 46.2 Å². The molecule has 4 aromatic carbocycles. The van der Waals surface area contributed by atoms with Gasteiger partial charge in [-0.25, -0.2) is 4.79 Å². The van der Waals surface area contributed by atoms with Crippen molar-refractivity contribution in [3.63, 3.8) is 0 Å². The van der Waals surface area contributed by atoms with Gasteiger partial charge >= 0.3 is 18.1 Å². The third-order valence-corrected chi connectivity index (χ3v) is 7.40. The van der Waals surface area contributed by atoms with Crippen molar-refractivity contribution in [2.45, 2.75) is 31.2 Å². The van der Waals surface area contributed by atoms with Gasteiger partial charge < -0.3 is 30.3 Å². The molecule has 1 spiro atoms. The maximum Gasteiger partial charge on any atom is 0.471 e. The molecule has 2 amide bonds. The molecule has 9 nitrogen and oxygen atoms in total. The van der Waals surface area contributed by atoms with E-state index >= 15 is 0 Å². The molecule has 4 aromatic rings. The fraction of sp³-hybridized carbons (Fsp3) is 0.156. The highest BCUT2D eigenvalue weighted by molar-refractivity contribution is 6.05. The van der Waals surface area contributed by atoms with Crippen molar-refractivity contribution in [2.24, 2.45) is 0 Å². The van der Waals surface area contributed by atoms with Crippen LogP contribution in [0.2, 0.25) is 0 Å². The van der Waals surface area contributed by atoms with Crippen LogP contribution < -0.4 is 15.4 Å². The zero-order valence-electron chi connectivity index (χ0n) is 22.9. The molecule has 0 fully saturated rings. The number of aromatic hydroxyl groups is 2. The van der Waals surface area contributed by atoms with Crippen LogP contribution in [0, 0.1) is 0 Å². The topological polar surface area (TPSA) is 134 Å². The molecule has 0 bridgehead atoms. The molecule has 0 unspecified atom stereocenters. The van der Waals surface area contributed by atoms with E-state index in [0.717, 1.165) is 0 Å². The number of phenolic OH excluding ortho intramolecular Hbond substituents is 2. The highest BCUT2D eigenvalue weighted by Crippen LogP contribution is 2.57. The van der Waals surface area contributed by atoms with E-state index in [9.17, 15) is 37.8 Å². The van der Waals surface area contributed by atoms with Gasteiger partial charge in [0.2, 0.25) is 0 Å². The zero-order chi connectivity index (χ0) is 31.4. The molecule has 12 heteroatoms. The molecule has 0 saturated heterocycles. The normalized spacial score (nSPS) is 14.9. The van der Waals surface area contributed by atoms with Gasteiger partial charge in [-0.05, 0) is 67.4 Å². The van der Waals surface area contributed by atoms with Gasteiger partial charge in [0.1, 0.15) is 23.0 Å². The van der Waals surface area contributed by atoms with Crippen molar-refractivity contribution in [1.29, 1.82) is 0 Å². The van der Waals surface area contributed by atoms with Crippen molar-refractivity contribution in [3.05, 3.63) is 112 Å². The molecule has 2 heterocycles. The number of phenols is 2. The second-order valence-electron chi connectivity index (χ2n) is 10.5. The number of hydrogen-bond acceptors (Lipinski definition) is 7. The highest BCUT2D eigenvalue weighted by atomic mass is 19.4. The standard InChI is InChI=1S/C32H23F3N2O7/c1-16(36-30(42)32(33,34)35)11-17-3-2-4-18(12-17)28(40)37-19-5-8-23-22(13-19)29(41)44-31(23)24-9-6-20(38)14-26(24)43-27-15-21(39)7-10-25(27)31/h2-10,12-16,38-39H,11H2,1H3,(H,36,42)(H,37,40)/t16-/m1/s1. The number of anilines is 1. The maximum atomic E-state index is 13.3. The molecule has 0 radical (unpaired) electrons. The minimum absolute atomic E-state index is 0.0535. The van der Waals surface area contributed by atoms with Crippen LogP contribution in [0.5, 0.6) is 23.0 Å². The van der Waals surface area contributed by atoms with Crippen molar-refractivity contribution < 1.29 is 47.2 Å². The molecule has 0 aliphatic carbocycles. The van der Waals surface area contributed by atoms with Crippen LogP contribution in [0.4, 0.5) is 18.9 Å². The van der Waals surface area contributed by atoms with Gasteiger partial charge in [-0.2, -0.15) is 13.2 Å². The van der Waals surface area contributed by atoms with Crippen molar-refractivity contribution in [3.8, 4) is 23.0 Å². The molecular formula is C32H23F3N2O7. The summed E-state index contributed by atoms with van der Waals surface area (Å²) in [5.41, 5.74) is 1.11. The highest BCUT2D eigenvalue weighted by Gasteiger charge is 2.53. The number of fused-ring (bicyclic) bond motifs is 6. The Morgan fingerprint density at radius 1 is 0.886 bits per heavy atom. The molecule has 4 N–H and O–H groups in total. The van der Waals surface area contributed by atoms with Gasteiger partial charge in [-0.15, -0.1) is 0 Å². The second kappa shape index (κ2) is 10.3. The lowest BCUT2D eigenvalue weighted by Crippen LogP contribution is -2.42. The van der Waals surface area contributed by atoms with Gasteiger partial charge in [-0.1, -0.05) is 18.2 Å². The minimum Gasteiger partial charge on any atom is -0.508 e. The number of amides is 2. The number of benzene rings is 4. The molecular weight excluding hydrogens is 581 g/mol.